The van der Waals surface area contributed by atoms with E-state index in [4.69, 9.17) is 11.6 Å². The predicted molar refractivity (Wildman–Crippen MR) is 90.0 cm³/mol. The minimum atomic E-state index is -0.175. The van der Waals surface area contributed by atoms with Gasteiger partial charge in [-0.25, -0.2) is 0 Å². The van der Waals surface area contributed by atoms with Crippen molar-refractivity contribution in [2.24, 2.45) is 0 Å². The minimum absolute atomic E-state index is 0.175. The molecule has 0 radical (unpaired) electrons. The van der Waals surface area contributed by atoms with Crippen molar-refractivity contribution < 1.29 is 4.79 Å². The maximum Gasteiger partial charge on any atom is 0.234 e. The normalized spacial score (nSPS) is 10.5. The van der Waals surface area contributed by atoms with Crippen LogP contribution in [0, 0.1) is 0 Å². The Kier molecular flexibility index (Phi) is 4.89. The van der Waals surface area contributed by atoms with Gasteiger partial charge in [0.15, 0.2) is 0 Å². The SMILES string of the molecule is O=C(CSc1nnnn1-c1ccccc1)Nc1ccccc1Cl. The molecular formula is C15H12ClN5OS. The molecular weight excluding hydrogens is 334 g/mol. The van der Waals surface area contributed by atoms with E-state index in [9.17, 15) is 4.79 Å². The Morgan fingerprint density at radius 3 is 2.65 bits per heavy atom. The summed E-state index contributed by atoms with van der Waals surface area (Å²) in [6, 6.07) is 16.6. The molecule has 1 N–H and O–H groups in total. The molecule has 6 nitrogen and oxygen atoms in total. The van der Waals surface area contributed by atoms with Crippen LogP contribution in [0.15, 0.2) is 59.8 Å². The lowest BCUT2D eigenvalue weighted by atomic mass is 10.3. The molecule has 8 heteroatoms. The summed E-state index contributed by atoms with van der Waals surface area (Å²) in [5.41, 5.74) is 1.42. The molecule has 23 heavy (non-hydrogen) atoms. The van der Waals surface area contributed by atoms with E-state index < -0.39 is 0 Å². The van der Waals surface area contributed by atoms with E-state index in [0.29, 0.717) is 15.9 Å². The maximum atomic E-state index is 12.0. The van der Waals surface area contributed by atoms with E-state index in [0.717, 1.165) is 5.69 Å². The summed E-state index contributed by atoms with van der Waals surface area (Å²) in [7, 11) is 0. The third-order valence-corrected chi connectivity index (χ3v) is 4.17. The summed E-state index contributed by atoms with van der Waals surface area (Å²) in [6.45, 7) is 0. The van der Waals surface area contributed by atoms with Crippen molar-refractivity contribution in [1.82, 2.24) is 20.2 Å². The number of carbonyl (C=O) groups excluding carboxylic acids is 1. The van der Waals surface area contributed by atoms with E-state index in [-0.39, 0.29) is 11.7 Å². The first kappa shape index (κ1) is 15.5. The first-order valence-electron chi connectivity index (χ1n) is 6.75. The highest BCUT2D eigenvalue weighted by molar-refractivity contribution is 7.99. The summed E-state index contributed by atoms with van der Waals surface area (Å²) in [6.07, 6.45) is 0. The number of carbonyl (C=O) groups is 1. The molecule has 1 aromatic heterocycles. The molecule has 0 fully saturated rings. The predicted octanol–water partition coefficient (Wildman–Crippen LogP) is 3.05. The van der Waals surface area contributed by atoms with Crippen LogP contribution in [0.2, 0.25) is 5.02 Å². The molecule has 0 saturated heterocycles. The maximum absolute atomic E-state index is 12.0. The fourth-order valence-electron chi connectivity index (χ4n) is 1.88. The topological polar surface area (TPSA) is 72.7 Å². The van der Waals surface area contributed by atoms with Crippen LogP contribution in [-0.2, 0) is 4.79 Å². The van der Waals surface area contributed by atoms with Gasteiger partial charge in [-0.2, -0.15) is 4.68 Å². The van der Waals surface area contributed by atoms with Crippen LogP contribution in [0.3, 0.4) is 0 Å². The van der Waals surface area contributed by atoms with Gasteiger partial charge in [0.2, 0.25) is 11.1 Å². The molecule has 0 aliphatic rings. The summed E-state index contributed by atoms with van der Waals surface area (Å²) in [5, 5.41) is 15.4. The van der Waals surface area contributed by atoms with Crippen molar-refractivity contribution in [1.29, 1.82) is 0 Å². The highest BCUT2D eigenvalue weighted by Crippen LogP contribution is 2.22. The Morgan fingerprint density at radius 2 is 1.87 bits per heavy atom. The molecule has 0 spiro atoms. The first-order valence-corrected chi connectivity index (χ1v) is 8.11. The van der Waals surface area contributed by atoms with Crippen molar-refractivity contribution in [3.63, 3.8) is 0 Å². The molecule has 2 aromatic carbocycles. The second-order valence-electron chi connectivity index (χ2n) is 4.53. The molecule has 3 rings (SSSR count). The highest BCUT2D eigenvalue weighted by atomic mass is 35.5. The van der Waals surface area contributed by atoms with Crippen LogP contribution >= 0.6 is 23.4 Å². The number of amides is 1. The lowest BCUT2D eigenvalue weighted by molar-refractivity contribution is -0.113. The van der Waals surface area contributed by atoms with Gasteiger partial charge in [0.1, 0.15) is 0 Å². The van der Waals surface area contributed by atoms with Crippen molar-refractivity contribution in [2.75, 3.05) is 11.1 Å². The van der Waals surface area contributed by atoms with Gasteiger partial charge >= 0.3 is 0 Å². The van der Waals surface area contributed by atoms with E-state index in [1.807, 2.05) is 36.4 Å². The Hall–Kier alpha value is -2.38. The monoisotopic (exact) mass is 345 g/mol. The van der Waals surface area contributed by atoms with Gasteiger partial charge in [0, 0.05) is 0 Å². The Balaban J connectivity index is 1.64. The molecule has 1 heterocycles. The zero-order valence-electron chi connectivity index (χ0n) is 11.9. The number of thioether (sulfide) groups is 1. The van der Waals surface area contributed by atoms with Gasteiger partial charge < -0.3 is 5.32 Å². The highest BCUT2D eigenvalue weighted by Gasteiger charge is 2.12. The number of anilines is 1. The fraction of sp³-hybridized carbons (Fsp3) is 0.0667. The number of aromatic nitrogens is 4. The molecule has 3 aromatic rings. The number of tetrazole rings is 1. The summed E-state index contributed by atoms with van der Waals surface area (Å²) >= 11 is 7.27. The minimum Gasteiger partial charge on any atom is -0.324 e. The Bertz CT molecular complexity index is 808. The van der Waals surface area contributed by atoms with Crippen LogP contribution in [0.25, 0.3) is 5.69 Å². The molecule has 0 aliphatic carbocycles. The smallest absolute Gasteiger partial charge is 0.234 e. The Morgan fingerprint density at radius 1 is 1.13 bits per heavy atom. The number of rotatable bonds is 5. The number of hydrogen-bond donors (Lipinski definition) is 1. The van der Waals surface area contributed by atoms with Gasteiger partial charge in [0.25, 0.3) is 0 Å². The zero-order chi connectivity index (χ0) is 16.1. The van der Waals surface area contributed by atoms with E-state index in [2.05, 4.69) is 20.8 Å². The lowest BCUT2D eigenvalue weighted by Gasteiger charge is -2.07. The fourth-order valence-corrected chi connectivity index (χ4v) is 2.75. The number of nitrogens with zero attached hydrogens (tertiary/aromatic N) is 4. The summed E-state index contributed by atoms with van der Waals surface area (Å²) < 4.78 is 1.59. The second-order valence-corrected chi connectivity index (χ2v) is 5.88. The molecule has 0 unspecified atom stereocenters. The number of benzene rings is 2. The van der Waals surface area contributed by atoms with Gasteiger partial charge in [-0.15, -0.1) is 5.10 Å². The Labute approximate surface area is 141 Å². The van der Waals surface area contributed by atoms with Gasteiger partial charge in [0.05, 0.1) is 22.2 Å². The van der Waals surface area contributed by atoms with Crippen LogP contribution in [0.5, 0.6) is 0 Å². The van der Waals surface area contributed by atoms with Crippen molar-refractivity contribution in [3.8, 4) is 5.69 Å². The van der Waals surface area contributed by atoms with Gasteiger partial charge in [-0.3, -0.25) is 4.79 Å². The number of para-hydroxylation sites is 2. The quantitative estimate of drug-likeness (QED) is 0.719. The largest absolute Gasteiger partial charge is 0.324 e. The van der Waals surface area contributed by atoms with Crippen LogP contribution < -0.4 is 5.32 Å². The summed E-state index contributed by atoms with van der Waals surface area (Å²) in [4.78, 5) is 12.0. The third kappa shape index (κ3) is 3.88. The van der Waals surface area contributed by atoms with Gasteiger partial charge in [-0.05, 0) is 34.7 Å². The van der Waals surface area contributed by atoms with Crippen LogP contribution in [-0.4, -0.2) is 31.9 Å². The molecule has 0 bridgehead atoms. The van der Waals surface area contributed by atoms with Crippen molar-refractivity contribution in [3.05, 3.63) is 59.6 Å². The van der Waals surface area contributed by atoms with Crippen LogP contribution in [0.1, 0.15) is 0 Å². The number of hydrogen-bond acceptors (Lipinski definition) is 5. The molecule has 0 aliphatic heterocycles. The van der Waals surface area contributed by atoms with Crippen molar-refractivity contribution in [2.45, 2.75) is 5.16 Å². The van der Waals surface area contributed by atoms with Crippen LogP contribution in [0.4, 0.5) is 5.69 Å². The van der Waals surface area contributed by atoms with E-state index >= 15 is 0 Å². The average molecular weight is 346 g/mol. The summed E-state index contributed by atoms with van der Waals surface area (Å²) in [5.74, 6) is 0.00373. The van der Waals surface area contributed by atoms with E-state index in [1.165, 1.54) is 11.8 Å². The number of nitrogens with one attached hydrogen (secondary N) is 1. The standard InChI is InChI=1S/C15H12ClN5OS/c16-12-8-4-5-9-13(12)17-14(22)10-23-15-18-19-20-21(15)11-6-2-1-3-7-11/h1-9H,10H2,(H,17,22). The molecule has 1 amide bonds. The average Bonchev–Trinajstić information content (AvgIpc) is 3.04. The molecule has 0 saturated carbocycles. The van der Waals surface area contributed by atoms with Crippen molar-refractivity contribution >= 4 is 35.0 Å². The first-order chi connectivity index (χ1) is 11.2. The number of halogens is 1. The molecule has 0 atom stereocenters. The lowest BCUT2D eigenvalue weighted by Crippen LogP contribution is -2.14. The molecule has 116 valence electrons. The van der Waals surface area contributed by atoms with E-state index in [1.54, 1.807) is 22.9 Å². The zero-order valence-corrected chi connectivity index (χ0v) is 13.5. The van der Waals surface area contributed by atoms with Gasteiger partial charge in [-0.1, -0.05) is 53.7 Å². The third-order valence-electron chi connectivity index (χ3n) is 2.92. The second kappa shape index (κ2) is 7.26.